The van der Waals surface area contributed by atoms with Crippen molar-refractivity contribution in [3.05, 3.63) is 21.9 Å². The van der Waals surface area contributed by atoms with Gasteiger partial charge in [-0.15, -0.1) is 11.3 Å². The minimum absolute atomic E-state index is 0.0921. The molecule has 3 aliphatic heterocycles. The van der Waals surface area contributed by atoms with E-state index in [1.807, 2.05) is 11.3 Å². The van der Waals surface area contributed by atoms with Crippen LogP contribution >= 0.6 is 11.3 Å². The number of rotatable bonds is 7. The third-order valence-electron chi connectivity index (χ3n) is 6.86. The van der Waals surface area contributed by atoms with Crippen LogP contribution in [-0.2, 0) is 17.8 Å². The van der Waals surface area contributed by atoms with Gasteiger partial charge >= 0.3 is 0 Å². The highest BCUT2D eigenvalue weighted by atomic mass is 32.1. The van der Waals surface area contributed by atoms with Crippen molar-refractivity contribution in [2.45, 2.75) is 70.6 Å². The van der Waals surface area contributed by atoms with Crippen molar-refractivity contribution < 1.29 is 9.84 Å². The Morgan fingerprint density at radius 1 is 0.963 bits per heavy atom. The van der Waals surface area contributed by atoms with E-state index in [-0.39, 0.29) is 5.41 Å². The summed E-state index contributed by atoms with van der Waals surface area (Å²) in [6.07, 6.45) is 10.0. The highest BCUT2D eigenvalue weighted by Gasteiger charge is 2.37. The maximum atomic E-state index is 10.1. The molecule has 0 radical (unpaired) electrons. The molecule has 0 saturated carbocycles. The van der Waals surface area contributed by atoms with Gasteiger partial charge in [-0.25, -0.2) is 0 Å². The average Bonchev–Trinajstić information content (AvgIpc) is 3.37. The zero-order valence-corrected chi connectivity index (χ0v) is 17.5. The summed E-state index contributed by atoms with van der Waals surface area (Å²) in [7, 11) is 0. The maximum absolute atomic E-state index is 10.1. The SMILES string of the molecule is OCC1(CC2CCCCO2)CCN(Cc2ccc(CN3CCCC3)s2)CC1. The molecule has 0 bridgehead atoms. The van der Waals surface area contributed by atoms with Crippen molar-refractivity contribution in [1.82, 2.24) is 9.80 Å². The van der Waals surface area contributed by atoms with Gasteiger partial charge in [-0.3, -0.25) is 9.80 Å². The van der Waals surface area contributed by atoms with Crippen molar-refractivity contribution in [3.8, 4) is 0 Å². The molecule has 3 aliphatic rings. The lowest BCUT2D eigenvalue weighted by atomic mass is 9.74. The molecule has 27 heavy (non-hydrogen) atoms. The second kappa shape index (κ2) is 9.36. The summed E-state index contributed by atoms with van der Waals surface area (Å²) in [6.45, 7) is 8.20. The van der Waals surface area contributed by atoms with Crippen molar-refractivity contribution in [2.75, 3.05) is 39.4 Å². The van der Waals surface area contributed by atoms with E-state index in [0.717, 1.165) is 52.0 Å². The normalized spacial score (nSPS) is 27.2. The van der Waals surface area contributed by atoms with Crippen LogP contribution < -0.4 is 0 Å². The van der Waals surface area contributed by atoms with Gasteiger partial charge in [-0.05, 0) is 95.1 Å². The van der Waals surface area contributed by atoms with Crippen LogP contribution in [0.25, 0.3) is 0 Å². The van der Waals surface area contributed by atoms with E-state index in [2.05, 4.69) is 21.9 Å². The van der Waals surface area contributed by atoms with E-state index >= 15 is 0 Å². The Hall–Kier alpha value is -0.460. The Bertz CT molecular complexity index is 571. The molecule has 0 aliphatic carbocycles. The Morgan fingerprint density at radius 3 is 2.22 bits per heavy atom. The zero-order chi connectivity index (χ0) is 18.5. The topological polar surface area (TPSA) is 35.9 Å². The highest BCUT2D eigenvalue weighted by molar-refractivity contribution is 7.11. The molecule has 0 spiro atoms. The molecule has 3 saturated heterocycles. The van der Waals surface area contributed by atoms with Crippen molar-refractivity contribution in [2.24, 2.45) is 5.41 Å². The van der Waals surface area contributed by atoms with E-state index < -0.39 is 0 Å². The number of aliphatic hydroxyl groups is 1. The van der Waals surface area contributed by atoms with Gasteiger partial charge in [-0.1, -0.05) is 0 Å². The standard InChI is InChI=1S/C22H36N2O2S/c25-18-22(15-19-5-1-4-14-26-19)8-12-24(13-9-22)17-21-7-6-20(27-21)16-23-10-2-3-11-23/h6-7,19,25H,1-5,8-18H2. The van der Waals surface area contributed by atoms with Crippen molar-refractivity contribution in [3.63, 3.8) is 0 Å². The Morgan fingerprint density at radius 2 is 1.63 bits per heavy atom. The molecular weight excluding hydrogens is 356 g/mol. The first-order valence-electron chi connectivity index (χ1n) is 11.0. The van der Waals surface area contributed by atoms with E-state index in [4.69, 9.17) is 4.74 Å². The third kappa shape index (κ3) is 5.33. The van der Waals surface area contributed by atoms with E-state index in [1.54, 1.807) is 0 Å². The van der Waals surface area contributed by atoms with Crippen LogP contribution in [0.15, 0.2) is 12.1 Å². The summed E-state index contributed by atoms with van der Waals surface area (Å²) in [5.74, 6) is 0. The van der Waals surface area contributed by atoms with E-state index in [1.165, 1.54) is 54.9 Å². The van der Waals surface area contributed by atoms with Gasteiger partial charge in [0.2, 0.25) is 0 Å². The minimum atomic E-state index is 0.0921. The van der Waals surface area contributed by atoms with Crippen LogP contribution in [0.4, 0.5) is 0 Å². The van der Waals surface area contributed by atoms with Crippen LogP contribution in [0.3, 0.4) is 0 Å². The van der Waals surface area contributed by atoms with E-state index in [0.29, 0.717) is 12.7 Å². The molecule has 4 heterocycles. The first kappa shape index (κ1) is 19.8. The predicted octanol–water partition coefficient (Wildman–Crippen LogP) is 3.88. The fourth-order valence-corrected chi connectivity index (χ4v) is 6.14. The maximum Gasteiger partial charge on any atom is 0.0581 e. The lowest BCUT2D eigenvalue weighted by Crippen LogP contribution is -2.44. The molecule has 4 nitrogen and oxygen atoms in total. The predicted molar refractivity (Wildman–Crippen MR) is 111 cm³/mol. The molecule has 1 atom stereocenters. The summed E-state index contributed by atoms with van der Waals surface area (Å²) >= 11 is 1.99. The average molecular weight is 393 g/mol. The Labute approximate surface area is 168 Å². The molecule has 1 N–H and O–H groups in total. The van der Waals surface area contributed by atoms with E-state index in [9.17, 15) is 5.11 Å². The molecule has 1 unspecified atom stereocenters. The van der Waals surface area contributed by atoms with Crippen LogP contribution in [0.5, 0.6) is 0 Å². The monoisotopic (exact) mass is 392 g/mol. The molecule has 0 aromatic carbocycles. The quantitative estimate of drug-likeness (QED) is 0.764. The fraction of sp³-hybridized carbons (Fsp3) is 0.818. The second-order valence-electron chi connectivity index (χ2n) is 8.98. The van der Waals surface area contributed by atoms with Gasteiger partial charge in [-0.2, -0.15) is 0 Å². The number of ether oxygens (including phenoxy) is 1. The van der Waals surface area contributed by atoms with Gasteiger partial charge in [0.1, 0.15) is 0 Å². The van der Waals surface area contributed by atoms with Crippen LogP contribution in [0.1, 0.15) is 61.1 Å². The number of nitrogens with zero attached hydrogens (tertiary/aromatic N) is 2. The van der Waals surface area contributed by atoms with Crippen molar-refractivity contribution in [1.29, 1.82) is 0 Å². The van der Waals surface area contributed by atoms with Gasteiger partial charge in [0, 0.05) is 36.1 Å². The molecule has 1 aromatic heterocycles. The number of likely N-dealkylation sites (tertiary alicyclic amines) is 2. The highest BCUT2D eigenvalue weighted by Crippen LogP contribution is 2.38. The number of hydrogen-bond donors (Lipinski definition) is 1. The van der Waals surface area contributed by atoms with Gasteiger partial charge in [0.05, 0.1) is 6.10 Å². The number of thiophene rings is 1. The molecule has 152 valence electrons. The third-order valence-corrected chi connectivity index (χ3v) is 7.92. The fourth-order valence-electron chi connectivity index (χ4n) is 5.04. The number of hydrogen-bond acceptors (Lipinski definition) is 5. The van der Waals surface area contributed by atoms with Crippen LogP contribution in [0, 0.1) is 5.41 Å². The minimum Gasteiger partial charge on any atom is -0.396 e. The van der Waals surface area contributed by atoms with Gasteiger partial charge in [0.15, 0.2) is 0 Å². The largest absolute Gasteiger partial charge is 0.396 e. The summed E-state index contributed by atoms with van der Waals surface area (Å²) < 4.78 is 5.96. The first-order valence-corrected chi connectivity index (χ1v) is 11.8. The van der Waals surface area contributed by atoms with Gasteiger partial charge in [0.25, 0.3) is 0 Å². The van der Waals surface area contributed by atoms with Crippen LogP contribution in [-0.4, -0.2) is 60.4 Å². The lowest BCUT2D eigenvalue weighted by Gasteiger charge is -2.43. The molecule has 4 rings (SSSR count). The zero-order valence-electron chi connectivity index (χ0n) is 16.7. The molecule has 5 heteroatoms. The smallest absolute Gasteiger partial charge is 0.0581 e. The molecular formula is C22H36N2O2S. The molecule has 1 aromatic rings. The molecule has 0 amide bonds. The summed E-state index contributed by atoms with van der Waals surface area (Å²) in [5, 5.41) is 10.1. The lowest BCUT2D eigenvalue weighted by molar-refractivity contribution is -0.0485. The second-order valence-corrected chi connectivity index (χ2v) is 10.2. The number of aliphatic hydroxyl groups excluding tert-OH is 1. The first-order chi connectivity index (χ1) is 13.2. The summed E-state index contributed by atoms with van der Waals surface area (Å²) in [6, 6.07) is 4.67. The summed E-state index contributed by atoms with van der Waals surface area (Å²) in [4.78, 5) is 8.18. The number of piperidine rings is 1. The molecule has 3 fully saturated rings. The Balaban J connectivity index is 1.25. The van der Waals surface area contributed by atoms with Crippen LogP contribution in [0.2, 0.25) is 0 Å². The Kier molecular flexibility index (Phi) is 6.88. The van der Waals surface area contributed by atoms with Gasteiger partial charge < -0.3 is 9.84 Å². The van der Waals surface area contributed by atoms with Crippen molar-refractivity contribution >= 4 is 11.3 Å². The summed E-state index contributed by atoms with van der Waals surface area (Å²) in [5.41, 5.74) is 0.0921.